The molecule has 0 atom stereocenters. The van der Waals surface area contributed by atoms with Gasteiger partial charge in [0, 0.05) is 46.9 Å². The second kappa shape index (κ2) is 8.73. The van der Waals surface area contributed by atoms with Gasteiger partial charge in [0.05, 0.1) is 23.7 Å². The van der Waals surface area contributed by atoms with Gasteiger partial charge in [-0.05, 0) is 45.4 Å². The van der Waals surface area contributed by atoms with Gasteiger partial charge in [0.2, 0.25) is 0 Å². The molecule has 0 spiro atoms. The number of nitrogens with one attached hydrogen (secondary N) is 1. The first-order chi connectivity index (χ1) is 15.7. The third-order valence-corrected chi connectivity index (χ3v) is 5.61. The number of hydrogen-bond donors (Lipinski definition) is 2. The number of esters is 1. The third kappa shape index (κ3) is 4.49. The quantitative estimate of drug-likeness (QED) is 0.211. The van der Waals surface area contributed by atoms with E-state index in [0.29, 0.717) is 17.6 Å². The number of fused-ring (bicyclic) bond motifs is 4. The molecule has 4 aromatic rings. The monoisotopic (exact) mass is 448 g/mol. The molecule has 0 amide bonds. The minimum atomic E-state index is -0.454. The van der Waals surface area contributed by atoms with Crippen LogP contribution in [-0.4, -0.2) is 46.0 Å². The van der Waals surface area contributed by atoms with Gasteiger partial charge in [-0.15, -0.1) is 0 Å². The Morgan fingerprint density at radius 3 is 2.64 bits per heavy atom. The molecule has 0 radical (unpaired) electrons. The Balaban J connectivity index is 1.72. The Labute approximate surface area is 192 Å². The number of benzene rings is 2. The van der Waals surface area contributed by atoms with Gasteiger partial charge in [-0.1, -0.05) is 18.2 Å². The van der Waals surface area contributed by atoms with Crippen LogP contribution < -0.4 is 4.99 Å². The topological polar surface area (TPSA) is 87.6 Å². The average Bonchev–Trinajstić information content (AvgIpc) is 3.15. The van der Waals surface area contributed by atoms with E-state index in [9.17, 15) is 9.90 Å². The van der Waals surface area contributed by atoms with Crippen molar-refractivity contribution in [2.45, 2.75) is 46.3 Å². The van der Waals surface area contributed by atoms with Crippen LogP contribution in [0.15, 0.2) is 42.7 Å². The van der Waals surface area contributed by atoms with Crippen LogP contribution in [0.1, 0.15) is 43.1 Å². The molecule has 7 nitrogen and oxygen atoms in total. The van der Waals surface area contributed by atoms with Crippen LogP contribution in [-0.2, 0) is 16.0 Å². The van der Waals surface area contributed by atoms with E-state index < -0.39 is 5.60 Å². The van der Waals surface area contributed by atoms with Crippen LogP contribution in [0, 0.1) is 6.92 Å². The van der Waals surface area contributed by atoms with Crippen LogP contribution in [0.25, 0.3) is 32.6 Å². The second-order valence-electron chi connectivity index (χ2n) is 9.15. The Morgan fingerprint density at radius 1 is 1.15 bits per heavy atom. The average molecular weight is 449 g/mol. The van der Waals surface area contributed by atoms with E-state index >= 15 is 0 Å². The molecular weight excluding hydrogens is 418 g/mol. The lowest BCUT2D eigenvalue weighted by Crippen LogP contribution is -2.74. The van der Waals surface area contributed by atoms with E-state index in [1.54, 1.807) is 0 Å². The number of carbonyl (C=O) groups excluding carboxylic acids is 1. The number of aryl methyl sites for hydroxylation is 2. The summed E-state index contributed by atoms with van der Waals surface area (Å²) in [6, 6.07) is 9.89. The largest absolute Gasteiger partial charge is 0.545 e. The zero-order chi connectivity index (χ0) is 23.8. The van der Waals surface area contributed by atoms with Crippen molar-refractivity contribution in [3.63, 3.8) is 0 Å². The molecule has 0 saturated heterocycles. The molecule has 2 N–H and O–H groups in total. The van der Waals surface area contributed by atoms with Gasteiger partial charge in [-0.2, -0.15) is 4.99 Å². The zero-order valence-corrected chi connectivity index (χ0v) is 19.7. The fourth-order valence-corrected chi connectivity index (χ4v) is 4.20. The van der Waals surface area contributed by atoms with E-state index in [1.165, 1.54) is 7.11 Å². The Bertz CT molecular complexity index is 1380. The molecule has 2 aromatic heterocycles. The molecule has 33 heavy (non-hydrogen) atoms. The number of nitrogens with zero attached hydrogens (tertiary/aromatic N) is 2. The number of pyridine rings is 1. The highest BCUT2D eigenvalue weighted by Crippen LogP contribution is 2.37. The summed E-state index contributed by atoms with van der Waals surface area (Å²) in [7, 11) is 1.40. The summed E-state index contributed by atoms with van der Waals surface area (Å²) in [5, 5.41) is 13.7. The van der Waals surface area contributed by atoms with Gasteiger partial charge >= 0.3 is 12.1 Å². The first-order valence-corrected chi connectivity index (χ1v) is 11.1. The highest BCUT2D eigenvalue weighted by molar-refractivity contribution is 6.23. The fourth-order valence-electron chi connectivity index (χ4n) is 4.20. The number of hydrogen-bond acceptors (Lipinski definition) is 4. The number of methoxy groups -OCH3 is 1. The van der Waals surface area contributed by atoms with Gasteiger partial charge in [0.25, 0.3) is 0 Å². The molecule has 2 aromatic carbocycles. The number of aromatic nitrogens is 2. The van der Waals surface area contributed by atoms with E-state index in [1.807, 2.05) is 57.3 Å². The maximum atomic E-state index is 12.8. The number of rotatable bonds is 5. The summed E-state index contributed by atoms with van der Waals surface area (Å²) in [6.45, 7) is 9.00. The lowest BCUT2D eigenvalue weighted by Gasteiger charge is -2.15. The predicted octanol–water partition coefficient (Wildman–Crippen LogP) is 3.64. The Morgan fingerprint density at radius 2 is 1.91 bits per heavy atom. The standard InChI is InChI=1S/C26H29N3O4/c1-16-19-15-29(13-8-12-27-25(31)33-26(2,3)4)14-11-17(19)22(24(30)32-5)23-21(16)18-9-6-7-10-20(18)28-23/h6-7,9-11,14-15H,8,12-13H2,1-5H3,(H,27,31)/p+1. The SMILES string of the molecule is COC(=O)c1c2ccn(CCC[NH+]=C(O)OC(C)(C)C)cc2c(C)c2c1nc1ccccc12. The van der Waals surface area contributed by atoms with Crippen LogP contribution >= 0.6 is 0 Å². The van der Waals surface area contributed by atoms with E-state index in [4.69, 9.17) is 14.5 Å². The summed E-state index contributed by atoms with van der Waals surface area (Å²) in [5.74, 6) is -0.389. The van der Waals surface area contributed by atoms with Gasteiger partial charge in [-0.25, -0.2) is 9.78 Å². The van der Waals surface area contributed by atoms with Crippen molar-refractivity contribution in [2.75, 3.05) is 13.7 Å². The molecular formula is C26H30N3O4+. The Kier molecular flexibility index (Phi) is 5.97. The first-order valence-electron chi connectivity index (χ1n) is 11.1. The van der Waals surface area contributed by atoms with Crippen molar-refractivity contribution in [3.05, 3.63) is 53.9 Å². The lowest BCUT2D eigenvalue weighted by molar-refractivity contribution is -0.481. The van der Waals surface area contributed by atoms with Crippen molar-refractivity contribution in [1.82, 2.24) is 9.55 Å². The van der Waals surface area contributed by atoms with E-state index in [2.05, 4.69) is 22.7 Å². The number of ether oxygens (including phenoxy) is 2. The van der Waals surface area contributed by atoms with Gasteiger partial charge in [-0.3, -0.25) is 0 Å². The minimum absolute atomic E-state index is 0.164. The highest BCUT2D eigenvalue weighted by atomic mass is 16.6. The van der Waals surface area contributed by atoms with Gasteiger partial charge < -0.3 is 19.1 Å². The maximum absolute atomic E-state index is 12.8. The number of para-hydroxylation sites is 1. The number of aliphatic hydroxyl groups excluding tert-OH is 1. The summed E-state index contributed by atoms with van der Waals surface area (Å²) >= 11 is 0. The van der Waals surface area contributed by atoms with Crippen molar-refractivity contribution >= 4 is 44.6 Å². The molecule has 7 heteroatoms. The van der Waals surface area contributed by atoms with Gasteiger partial charge in [0.15, 0.2) is 0 Å². The number of aliphatic hydroxyl groups is 1. The fraction of sp³-hybridized carbons (Fsp3) is 0.346. The predicted molar refractivity (Wildman–Crippen MR) is 130 cm³/mol. The molecule has 4 rings (SSSR count). The number of carbonyl (C=O) groups is 1. The van der Waals surface area contributed by atoms with Crippen molar-refractivity contribution in [2.24, 2.45) is 0 Å². The highest BCUT2D eigenvalue weighted by Gasteiger charge is 2.22. The molecule has 0 unspecified atom stereocenters. The molecule has 0 fully saturated rings. The molecule has 0 saturated carbocycles. The smallest absolute Gasteiger partial charge is 0.465 e. The van der Waals surface area contributed by atoms with Crippen LogP contribution in [0.2, 0.25) is 0 Å². The molecule has 2 heterocycles. The lowest BCUT2D eigenvalue weighted by atomic mass is 9.96. The minimum Gasteiger partial charge on any atom is -0.465 e. The van der Waals surface area contributed by atoms with E-state index in [-0.39, 0.29) is 12.1 Å². The molecule has 0 aliphatic carbocycles. The third-order valence-electron chi connectivity index (χ3n) is 5.61. The molecule has 0 bridgehead atoms. The van der Waals surface area contributed by atoms with Crippen LogP contribution in [0.5, 0.6) is 0 Å². The summed E-state index contributed by atoms with van der Waals surface area (Å²) in [6.07, 6.45) is 4.63. The first kappa shape index (κ1) is 22.6. The normalized spacial score (nSPS) is 12.6. The molecule has 172 valence electrons. The van der Waals surface area contributed by atoms with Crippen molar-refractivity contribution < 1.29 is 24.4 Å². The summed E-state index contributed by atoms with van der Waals surface area (Å²) < 4.78 is 12.6. The summed E-state index contributed by atoms with van der Waals surface area (Å²) in [4.78, 5) is 20.4. The zero-order valence-electron chi connectivity index (χ0n) is 19.7. The Hall–Kier alpha value is -3.61. The summed E-state index contributed by atoms with van der Waals surface area (Å²) in [5.41, 5.74) is 2.67. The van der Waals surface area contributed by atoms with Crippen LogP contribution in [0.4, 0.5) is 0 Å². The van der Waals surface area contributed by atoms with Crippen molar-refractivity contribution in [3.8, 4) is 0 Å². The molecule has 0 aliphatic heterocycles. The van der Waals surface area contributed by atoms with E-state index in [0.717, 1.165) is 45.6 Å². The maximum Gasteiger partial charge on any atom is 0.545 e. The second-order valence-corrected chi connectivity index (χ2v) is 9.15. The van der Waals surface area contributed by atoms with Crippen LogP contribution in [0.3, 0.4) is 0 Å². The van der Waals surface area contributed by atoms with Gasteiger partial charge in [0.1, 0.15) is 12.1 Å². The molecule has 0 aliphatic rings. The van der Waals surface area contributed by atoms with Crippen molar-refractivity contribution in [1.29, 1.82) is 0 Å².